The molecule has 1 aliphatic rings. The first-order valence-electron chi connectivity index (χ1n) is 6.14. The number of aliphatic carboxylic acids is 1. The van der Waals surface area contributed by atoms with Gasteiger partial charge in [-0.1, -0.05) is 18.2 Å². The normalized spacial score (nSPS) is 16.7. The first-order valence-corrected chi connectivity index (χ1v) is 7.13. The lowest BCUT2D eigenvalue weighted by atomic mass is 10.1. The van der Waals surface area contributed by atoms with E-state index in [-0.39, 0.29) is 18.5 Å². The molecule has 0 spiro atoms. The summed E-state index contributed by atoms with van der Waals surface area (Å²) in [4.78, 5) is 23.2. The molecule has 1 heterocycles. The van der Waals surface area contributed by atoms with E-state index in [1.807, 2.05) is 24.3 Å². The third kappa shape index (κ3) is 3.89. The Hall–Kier alpha value is -1.69. The van der Waals surface area contributed by atoms with Crippen molar-refractivity contribution in [2.75, 3.05) is 12.3 Å². The molecule has 1 atom stereocenters. The maximum Gasteiger partial charge on any atom is 0.315 e. The molecular weight excluding hydrogens is 264 g/mol. The van der Waals surface area contributed by atoms with Crippen LogP contribution in [0.3, 0.4) is 0 Å². The van der Waals surface area contributed by atoms with Crippen LogP contribution in [0.4, 0.5) is 4.79 Å². The predicted octanol–water partition coefficient (Wildman–Crippen LogP) is 2.00. The van der Waals surface area contributed by atoms with Crippen molar-refractivity contribution < 1.29 is 14.7 Å². The Morgan fingerprint density at radius 3 is 2.95 bits per heavy atom. The number of hydrogen-bond donors (Lipinski definition) is 3. The third-order valence-corrected chi connectivity index (χ3v) is 4.04. The van der Waals surface area contributed by atoms with Gasteiger partial charge in [0.05, 0.1) is 6.04 Å². The number of carboxylic acids is 1. The van der Waals surface area contributed by atoms with E-state index in [0.29, 0.717) is 13.0 Å². The number of carboxylic acid groups (broad SMARTS) is 1. The number of carbonyl (C=O) groups is 2. The first-order chi connectivity index (χ1) is 9.16. The fraction of sp³-hybridized carbons (Fsp3) is 0.385. The molecule has 1 aliphatic heterocycles. The van der Waals surface area contributed by atoms with E-state index in [4.69, 9.17) is 5.11 Å². The van der Waals surface area contributed by atoms with Crippen molar-refractivity contribution in [3.05, 3.63) is 29.8 Å². The number of thioether (sulfide) groups is 1. The van der Waals surface area contributed by atoms with Gasteiger partial charge in [-0.25, -0.2) is 4.79 Å². The summed E-state index contributed by atoms with van der Waals surface area (Å²) in [5.41, 5.74) is 1.15. The summed E-state index contributed by atoms with van der Waals surface area (Å²) in [5.74, 6) is -0.00893. The number of urea groups is 1. The summed E-state index contributed by atoms with van der Waals surface area (Å²) in [6.45, 7) is 0.375. The van der Waals surface area contributed by atoms with Crippen LogP contribution < -0.4 is 10.6 Å². The van der Waals surface area contributed by atoms with Gasteiger partial charge < -0.3 is 15.7 Å². The van der Waals surface area contributed by atoms with E-state index in [0.717, 1.165) is 11.3 Å². The molecule has 0 aliphatic carbocycles. The highest BCUT2D eigenvalue weighted by atomic mass is 32.2. The van der Waals surface area contributed by atoms with Crippen molar-refractivity contribution in [3.63, 3.8) is 0 Å². The molecule has 19 heavy (non-hydrogen) atoms. The SMILES string of the molecule is O=C(O)CCCNC(=O)NC1CSc2ccccc21. The van der Waals surface area contributed by atoms with Gasteiger partial charge in [-0.3, -0.25) is 4.79 Å². The smallest absolute Gasteiger partial charge is 0.315 e. The first kappa shape index (κ1) is 13.7. The molecule has 2 rings (SSSR count). The number of carbonyl (C=O) groups excluding carboxylic acids is 1. The quantitative estimate of drug-likeness (QED) is 0.721. The summed E-state index contributed by atoms with van der Waals surface area (Å²) in [7, 11) is 0. The van der Waals surface area contributed by atoms with Crippen LogP contribution in [0.15, 0.2) is 29.2 Å². The van der Waals surface area contributed by atoms with Crippen molar-refractivity contribution in [2.24, 2.45) is 0 Å². The molecule has 2 amide bonds. The maximum absolute atomic E-state index is 11.7. The Labute approximate surface area is 115 Å². The molecule has 0 fully saturated rings. The zero-order chi connectivity index (χ0) is 13.7. The van der Waals surface area contributed by atoms with Gasteiger partial charge in [0.1, 0.15) is 0 Å². The lowest BCUT2D eigenvalue weighted by molar-refractivity contribution is -0.137. The minimum Gasteiger partial charge on any atom is -0.481 e. The minimum absolute atomic E-state index is 0.0284. The van der Waals surface area contributed by atoms with Crippen molar-refractivity contribution in [1.29, 1.82) is 0 Å². The van der Waals surface area contributed by atoms with Gasteiger partial charge in [0, 0.05) is 23.6 Å². The van der Waals surface area contributed by atoms with Gasteiger partial charge in [-0.05, 0) is 18.1 Å². The van der Waals surface area contributed by atoms with Gasteiger partial charge in [0.2, 0.25) is 0 Å². The second kappa shape index (κ2) is 6.47. The number of fused-ring (bicyclic) bond motifs is 1. The lowest BCUT2D eigenvalue weighted by Gasteiger charge is -2.14. The topological polar surface area (TPSA) is 78.4 Å². The Balaban J connectivity index is 1.76. The molecule has 0 aromatic heterocycles. The Morgan fingerprint density at radius 2 is 2.16 bits per heavy atom. The fourth-order valence-corrected chi connectivity index (χ4v) is 3.09. The predicted molar refractivity (Wildman–Crippen MR) is 73.3 cm³/mol. The molecule has 0 radical (unpaired) electrons. The van der Waals surface area contributed by atoms with Crippen molar-refractivity contribution in [3.8, 4) is 0 Å². The Bertz CT molecular complexity index is 479. The average Bonchev–Trinajstić information content (AvgIpc) is 2.78. The van der Waals surface area contributed by atoms with Crippen LogP contribution in [0, 0.1) is 0 Å². The molecule has 0 bridgehead atoms. The molecule has 1 unspecified atom stereocenters. The number of hydrogen-bond acceptors (Lipinski definition) is 3. The van der Waals surface area contributed by atoms with Crippen LogP contribution >= 0.6 is 11.8 Å². The summed E-state index contributed by atoms with van der Waals surface area (Å²) < 4.78 is 0. The van der Waals surface area contributed by atoms with Crippen LogP contribution in [0.1, 0.15) is 24.4 Å². The van der Waals surface area contributed by atoms with E-state index in [9.17, 15) is 9.59 Å². The fourth-order valence-electron chi connectivity index (χ4n) is 1.93. The summed E-state index contributed by atoms with van der Waals surface area (Å²) in [6, 6.07) is 7.80. The molecule has 6 heteroatoms. The number of benzene rings is 1. The molecule has 0 saturated heterocycles. The van der Waals surface area contributed by atoms with Crippen molar-refractivity contribution in [2.45, 2.75) is 23.8 Å². The van der Waals surface area contributed by atoms with Crippen molar-refractivity contribution in [1.82, 2.24) is 10.6 Å². The molecule has 0 saturated carbocycles. The Kier molecular flexibility index (Phi) is 4.68. The van der Waals surface area contributed by atoms with Crippen molar-refractivity contribution >= 4 is 23.8 Å². The van der Waals surface area contributed by atoms with Crippen LogP contribution in [-0.2, 0) is 4.79 Å². The molecule has 3 N–H and O–H groups in total. The molecule has 102 valence electrons. The zero-order valence-electron chi connectivity index (χ0n) is 10.4. The van der Waals surface area contributed by atoms with Gasteiger partial charge in [0.15, 0.2) is 0 Å². The van der Waals surface area contributed by atoms with E-state index in [1.54, 1.807) is 11.8 Å². The summed E-state index contributed by atoms with van der Waals surface area (Å²) >= 11 is 1.73. The van der Waals surface area contributed by atoms with Crippen LogP contribution in [0.2, 0.25) is 0 Å². The zero-order valence-corrected chi connectivity index (χ0v) is 11.2. The maximum atomic E-state index is 11.7. The lowest BCUT2D eigenvalue weighted by Crippen LogP contribution is -2.38. The van der Waals surface area contributed by atoms with E-state index in [1.165, 1.54) is 4.90 Å². The van der Waals surface area contributed by atoms with Crippen LogP contribution in [-0.4, -0.2) is 29.4 Å². The van der Waals surface area contributed by atoms with Gasteiger partial charge in [0.25, 0.3) is 0 Å². The second-order valence-corrected chi connectivity index (χ2v) is 5.36. The summed E-state index contributed by atoms with van der Waals surface area (Å²) in [6.07, 6.45) is 0.515. The van der Waals surface area contributed by atoms with E-state index >= 15 is 0 Å². The molecule has 5 nitrogen and oxygen atoms in total. The highest BCUT2D eigenvalue weighted by Crippen LogP contribution is 2.37. The molecule has 1 aromatic rings. The minimum atomic E-state index is -0.844. The Morgan fingerprint density at radius 1 is 1.37 bits per heavy atom. The average molecular weight is 280 g/mol. The summed E-state index contributed by atoms with van der Waals surface area (Å²) in [5, 5.41) is 14.1. The van der Waals surface area contributed by atoms with E-state index < -0.39 is 5.97 Å². The van der Waals surface area contributed by atoms with Crippen LogP contribution in [0.25, 0.3) is 0 Å². The third-order valence-electron chi connectivity index (χ3n) is 2.86. The number of amides is 2. The van der Waals surface area contributed by atoms with Crippen LogP contribution in [0.5, 0.6) is 0 Å². The van der Waals surface area contributed by atoms with E-state index in [2.05, 4.69) is 10.6 Å². The van der Waals surface area contributed by atoms with Gasteiger partial charge >= 0.3 is 12.0 Å². The largest absolute Gasteiger partial charge is 0.481 e. The highest BCUT2D eigenvalue weighted by Gasteiger charge is 2.23. The van der Waals surface area contributed by atoms with Gasteiger partial charge in [-0.15, -0.1) is 11.8 Å². The number of rotatable bonds is 5. The number of nitrogens with one attached hydrogen (secondary N) is 2. The monoisotopic (exact) mass is 280 g/mol. The highest BCUT2D eigenvalue weighted by molar-refractivity contribution is 7.99. The molecular formula is C13H16N2O3S. The molecule has 1 aromatic carbocycles. The van der Waals surface area contributed by atoms with Gasteiger partial charge in [-0.2, -0.15) is 0 Å². The standard InChI is InChI=1S/C13H16N2O3S/c16-12(17)6-3-7-14-13(18)15-10-8-19-11-5-2-1-4-9(10)11/h1-2,4-5,10H,3,6-8H2,(H,16,17)(H2,14,15,18). The second-order valence-electron chi connectivity index (χ2n) is 4.30.